The molecule has 1 N–H and O–H groups in total. The van der Waals surface area contributed by atoms with Gasteiger partial charge in [0.25, 0.3) is 5.91 Å². The molecule has 162 valence electrons. The summed E-state index contributed by atoms with van der Waals surface area (Å²) in [5.41, 5.74) is 0.293. The molecular formula is C19H18Cl2F2N2O4S. The fraction of sp³-hybridized carbons (Fsp3) is 0.316. The summed E-state index contributed by atoms with van der Waals surface area (Å²) in [5.74, 6) is -0.841. The second kappa shape index (κ2) is 9.47. The molecule has 2 aromatic rings. The number of amides is 1. The van der Waals surface area contributed by atoms with E-state index >= 15 is 0 Å². The molecule has 0 atom stereocenters. The van der Waals surface area contributed by atoms with E-state index < -0.39 is 22.5 Å². The Kier molecular flexibility index (Phi) is 7.18. The third kappa shape index (κ3) is 5.21. The molecular weight excluding hydrogens is 461 g/mol. The summed E-state index contributed by atoms with van der Waals surface area (Å²) in [4.78, 5) is 12.5. The van der Waals surface area contributed by atoms with Crippen LogP contribution in [0.5, 0.6) is 5.75 Å². The van der Waals surface area contributed by atoms with Crippen molar-refractivity contribution in [2.24, 2.45) is 0 Å². The number of rotatable bonds is 6. The third-order valence-corrected chi connectivity index (χ3v) is 7.21. The normalized spacial score (nSPS) is 15.2. The largest absolute Gasteiger partial charge is 0.433 e. The summed E-state index contributed by atoms with van der Waals surface area (Å²) in [6, 6.07) is 7.74. The van der Waals surface area contributed by atoms with Crippen LogP contribution in [0.3, 0.4) is 0 Å². The lowest BCUT2D eigenvalue weighted by Gasteiger charge is -2.26. The molecule has 3 rings (SSSR count). The van der Waals surface area contributed by atoms with Crippen LogP contribution in [0.25, 0.3) is 0 Å². The van der Waals surface area contributed by atoms with Crippen LogP contribution in [0.4, 0.5) is 14.5 Å². The van der Waals surface area contributed by atoms with Gasteiger partial charge in [0.1, 0.15) is 10.6 Å². The number of anilines is 1. The number of hydrogen-bond donors (Lipinski definition) is 1. The van der Waals surface area contributed by atoms with Gasteiger partial charge in [-0.2, -0.15) is 13.1 Å². The molecule has 6 nitrogen and oxygen atoms in total. The van der Waals surface area contributed by atoms with Gasteiger partial charge in [0.15, 0.2) is 0 Å². The number of nitrogens with one attached hydrogen (secondary N) is 1. The maximum atomic E-state index is 12.9. The fourth-order valence-corrected chi connectivity index (χ4v) is 5.30. The number of benzene rings is 2. The second-order valence-corrected chi connectivity index (χ2v) is 9.31. The van der Waals surface area contributed by atoms with E-state index in [1.807, 2.05) is 0 Å². The number of nitrogens with zero attached hydrogens (tertiary/aromatic N) is 1. The predicted octanol–water partition coefficient (Wildman–Crippen LogP) is 5.02. The summed E-state index contributed by atoms with van der Waals surface area (Å²) >= 11 is 12.0. The first-order valence-electron chi connectivity index (χ1n) is 9.04. The Morgan fingerprint density at radius 3 is 2.37 bits per heavy atom. The Bertz CT molecular complexity index is 1040. The molecule has 1 heterocycles. The SMILES string of the molecule is O=C(Nc1ccc(OC(F)F)c(Cl)c1)c1ccc(Cl)c(S(=O)(=O)N2CCCCC2)c1. The minimum absolute atomic E-state index is 0.0219. The molecule has 30 heavy (non-hydrogen) atoms. The molecule has 0 aromatic heterocycles. The van der Waals surface area contributed by atoms with Crippen LogP contribution in [-0.4, -0.2) is 38.3 Å². The van der Waals surface area contributed by atoms with Gasteiger partial charge in [0, 0.05) is 24.3 Å². The van der Waals surface area contributed by atoms with Gasteiger partial charge < -0.3 is 10.1 Å². The fourth-order valence-electron chi connectivity index (χ4n) is 3.06. The molecule has 0 spiro atoms. The van der Waals surface area contributed by atoms with Crippen molar-refractivity contribution in [2.45, 2.75) is 30.8 Å². The number of sulfonamides is 1. The lowest BCUT2D eigenvalue weighted by atomic mass is 10.2. The molecule has 11 heteroatoms. The van der Waals surface area contributed by atoms with Crippen LogP contribution < -0.4 is 10.1 Å². The molecule has 2 aromatic carbocycles. The van der Waals surface area contributed by atoms with Crippen LogP contribution in [0, 0.1) is 0 Å². The Balaban J connectivity index is 1.82. The van der Waals surface area contributed by atoms with Crippen molar-refractivity contribution in [3.8, 4) is 5.75 Å². The van der Waals surface area contributed by atoms with Crippen LogP contribution >= 0.6 is 23.2 Å². The number of hydrogen-bond acceptors (Lipinski definition) is 4. The average Bonchev–Trinajstić information content (AvgIpc) is 2.70. The van der Waals surface area contributed by atoms with Crippen LogP contribution in [0.1, 0.15) is 29.6 Å². The Hall–Kier alpha value is -1.94. The van der Waals surface area contributed by atoms with Crippen LogP contribution in [0.2, 0.25) is 10.0 Å². The van der Waals surface area contributed by atoms with E-state index in [2.05, 4.69) is 10.1 Å². The zero-order valence-corrected chi connectivity index (χ0v) is 17.9. The van der Waals surface area contributed by atoms with Gasteiger partial charge in [-0.15, -0.1) is 0 Å². The minimum atomic E-state index is -3.83. The molecule has 1 aliphatic rings. The van der Waals surface area contributed by atoms with Crippen molar-refractivity contribution >= 4 is 44.8 Å². The predicted molar refractivity (Wildman–Crippen MR) is 110 cm³/mol. The summed E-state index contributed by atoms with van der Waals surface area (Å²) in [6.45, 7) is -2.22. The van der Waals surface area contributed by atoms with Crippen molar-refractivity contribution in [3.05, 3.63) is 52.0 Å². The first-order valence-corrected chi connectivity index (χ1v) is 11.2. The number of carbonyl (C=O) groups excluding carboxylic acids is 1. The summed E-state index contributed by atoms with van der Waals surface area (Å²) in [5, 5.41) is 2.45. The van der Waals surface area contributed by atoms with Gasteiger partial charge in [0.05, 0.1) is 10.0 Å². The Morgan fingerprint density at radius 2 is 1.73 bits per heavy atom. The van der Waals surface area contributed by atoms with Crippen molar-refractivity contribution in [3.63, 3.8) is 0 Å². The topological polar surface area (TPSA) is 75.7 Å². The highest BCUT2D eigenvalue weighted by atomic mass is 35.5. The minimum Gasteiger partial charge on any atom is -0.433 e. The van der Waals surface area contributed by atoms with Gasteiger partial charge in [0.2, 0.25) is 10.0 Å². The van der Waals surface area contributed by atoms with Gasteiger partial charge >= 0.3 is 6.61 Å². The third-order valence-electron chi connectivity index (χ3n) is 4.53. The molecule has 0 saturated carbocycles. The molecule has 0 aliphatic carbocycles. The highest BCUT2D eigenvalue weighted by Gasteiger charge is 2.28. The summed E-state index contributed by atoms with van der Waals surface area (Å²) in [6.07, 6.45) is 2.50. The first kappa shape index (κ1) is 22.7. The van der Waals surface area contributed by atoms with Crippen molar-refractivity contribution in [1.82, 2.24) is 4.31 Å². The molecule has 0 unspecified atom stereocenters. The van der Waals surface area contributed by atoms with Crippen molar-refractivity contribution in [1.29, 1.82) is 0 Å². The Morgan fingerprint density at radius 1 is 1.03 bits per heavy atom. The molecule has 0 radical (unpaired) electrons. The van der Waals surface area contributed by atoms with Gasteiger partial charge in [-0.3, -0.25) is 4.79 Å². The second-order valence-electron chi connectivity index (χ2n) is 6.59. The first-order chi connectivity index (χ1) is 14.2. The van der Waals surface area contributed by atoms with Gasteiger partial charge in [-0.1, -0.05) is 29.6 Å². The van der Waals surface area contributed by atoms with Gasteiger partial charge in [-0.25, -0.2) is 8.42 Å². The quantitative estimate of drug-likeness (QED) is 0.632. The molecule has 1 fully saturated rings. The summed E-state index contributed by atoms with van der Waals surface area (Å²) < 4.78 is 56.1. The van der Waals surface area contributed by atoms with Crippen molar-refractivity contribution < 1.29 is 26.7 Å². The van der Waals surface area contributed by atoms with Gasteiger partial charge in [-0.05, 0) is 49.2 Å². The lowest BCUT2D eigenvalue weighted by molar-refractivity contribution is -0.0497. The standard InChI is InChI=1S/C19H18Cl2F2N2O4S/c20-14-6-4-12(10-17(14)30(27,28)25-8-2-1-3-9-25)18(26)24-13-5-7-16(15(21)11-13)29-19(22)23/h4-7,10-11,19H,1-3,8-9H2,(H,24,26). The zero-order chi connectivity index (χ0) is 21.9. The highest BCUT2D eigenvalue weighted by molar-refractivity contribution is 7.89. The van der Waals surface area contributed by atoms with E-state index in [1.165, 1.54) is 40.7 Å². The maximum Gasteiger partial charge on any atom is 0.387 e. The van der Waals surface area contributed by atoms with E-state index in [9.17, 15) is 22.0 Å². The Labute approximate surface area is 182 Å². The lowest BCUT2D eigenvalue weighted by Crippen LogP contribution is -2.35. The van der Waals surface area contributed by atoms with E-state index in [-0.39, 0.29) is 31.9 Å². The van der Waals surface area contributed by atoms with E-state index in [0.29, 0.717) is 13.1 Å². The molecule has 1 amide bonds. The van der Waals surface area contributed by atoms with Crippen LogP contribution in [0.15, 0.2) is 41.3 Å². The number of piperidine rings is 1. The van der Waals surface area contributed by atoms with E-state index in [1.54, 1.807) is 0 Å². The molecule has 1 saturated heterocycles. The maximum absolute atomic E-state index is 12.9. The number of ether oxygens (including phenoxy) is 1. The summed E-state index contributed by atoms with van der Waals surface area (Å²) in [7, 11) is -3.83. The smallest absolute Gasteiger partial charge is 0.387 e. The number of alkyl halides is 2. The average molecular weight is 479 g/mol. The van der Waals surface area contributed by atoms with Crippen molar-refractivity contribution in [2.75, 3.05) is 18.4 Å². The van der Waals surface area contributed by atoms with E-state index in [0.717, 1.165) is 19.3 Å². The van der Waals surface area contributed by atoms with E-state index in [4.69, 9.17) is 23.2 Å². The highest BCUT2D eigenvalue weighted by Crippen LogP contribution is 2.30. The number of carbonyl (C=O) groups is 1. The monoisotopic (exact) mass is 478 g/mol. The van der Waals surface area contributed by atoms with Crippen LogP contribution in [-0.2, 0) is 10.0 Å². The zero-order valence-electron chi connectivity index (χ0n) is 15.6. The molecule has 1 aliphatic heterocycles. The molecule has 0 bridgehead atoms. The number of halogens is 4.